The first-order valence-electron chi connectivity index (χ1n) is 5.95. The second-order valence-corrected chi connectivity index (χ2v) is 4.06. The van der Waals surface area contributed by atoms with Crippen LogP contribution in [0.25, 0.3) is 0 Å². The molecule has 0 aliphatic rings. The van der Waals surface area contributed by atoms with E-state index in [2.05, 4.69) is 10.3 Å². The van der Waals surface area contributed by atoms with E-state index in [0.29, 0.717) is 12.3 Å². The lowest BCUT2D eigenvalue weighted by molar-refractivity contribution is 0.475. The summed E-state index contributed by atoms with van der Waals surface area (Å²) in [6, 6.07) is 11.1. The van der Waals surface area contributed by atoms with Crippen LogP contribution in [0.5, 0.6) is 5.75 Å². The molecule has 94 valence electrons. The number of hydrogen-bond donors (Lipinski definition) is 3. The molecule has 0 spiro atoms. The number of aromatic hydroxyl groups is 1. The molecule has 0 amide bonds. The second-order valence-electron chi connectivity index (χ2n) is 4.06. The zero-order valence-corrected chi connectivity index (χ0v) is 10.1. The van der Waals surface area contributed by atoms with Crippen LogP contribution in [0.2, 0.25) is 0 Å². The van der Waals surface area contributed by atoms with Gasteiger partial charge in [0.05, 0.1) is 0 Å². The Morgan fingerprint density at radius 1 is 1.17 bits per heavy atom. The molecule has 4 N–H and O–H groups in total. The first-order valence-corrected chi connectivity index (χ1v) is 5.95. The summed E-state index contributed by atoms with van der Waals surface area (Å²) in [5, 5.41) is 12.5. The van der Waals surface area contributed by atoms with Crippen molar-refractivity contribution in [2.75, 3.05) is 11.9 Å². The van der Waals surface area contributed by atoms with Crippen molar-refractivity contribution >= 4 is 5.82 Å². The number of hydrogen-bond acceptors (Lipinski definition) is 4. The monoisotopic (exact) mass is 243 g/mol. The van der Waals surface area contributed by atoms with Gasteiger partial charge in [-0.2, -0.15) is 0 Å². The average Bonchev–Trinajstić information content (AvgIpc) is 2.41. The Balaban J connectivity index is 1.90. The Morgan fingerprint density at radius 3 is 2.67 bits per heavy atom. The van der Waals surface area contributed by atoms with Crippen LogP contribution in [-0.4, -0.2) is 16.6 Å². The van der Waals surface area contributed by atoms with Gasteiger partial charge in [0.1, 0.15) is 11.6 Å². The molecule has 0 atom stereocenters. The number of nitrogens with two attached hydrogens (primary N) is 1. The summed E-state index contributed by atoms with van der Waals surface area (Å²) in [5.74, 6) is 1.14. The van der Waals surface area contributed by atoms with Crippen LogP contribution in [0.3, 0.4) is 0 Å². The fraction of sp³-hybridized carbons (Fsp3) is 0.214. The third kappa shape index (κ3) is 3.21. The summed E-state index contributed by atoms with van der Waals surface area (Å²) in [6.45, 7) is 1.27. The molecule has 1 aromatic carbocycles. The smallest absolute Gasteiger partial charge is 0.130 e. The Morgan fingerprint density at radius 2 is 1.94 bits per heavy atom. The number of nitrogens with zero attached hydrogens (tertiary/aromatic N) is 1. The van der Waals surface area contributed by atoms with E-state index in [0.717, 1.165) is 24.3 Å². The highest BCUT2D eigenvalue weighted by atomic mass is 16.3. The third-order valence-corrected chi connectivity index (χ3v) is 2.75. The largest absolute Gasteiger partial charge is 0.508 e. The summed E-state index contributed by atoms with van der Waals surface area (Å²) in [5.41, 5.74) is 7.83. The lowest BCUT2D eigenvalue weighted by atomic mass is 10.1. The van der Waals surface area contributed by atoms with Crippen LogP contribution < -0.4 is 11.1 Å². The van der Waals surface area contributed by atoms with Crippen LogP contribution in [0, 0.1) is 0 Å². The van der Waals surface area contributed by atoms with Crippen molar-refractivity contribution in [2.45, 2.75) is 13.0 Å². The van der Waals surface area contributed by atoms with Crippen molar-refractivity contribution in [1.82, 2.24) is 4.98 Å². The van der Waals surface area contributed by atoms with E-state index in [4.69, 9.17) is 5.73 Å². The first kappa shape index (κ1) is 12.4. The van der Waals surface area contributed by atoms with Crippen molar-refractivity contribution in [2.24, 2.45) is 5.73 Å². The van der Waals surface area contributed by atoms with E-state index in [-0.39, 0.29) is 0 Å². The fourth-order valence-corrected chi connectivity index (χ4v) is 1.75. The maximum atomic E-state index is 9.19. The Labute approximate surface area is 106 Å². The van der Waals surface area contributed by atoms with E-state index in [1.807, 2.05) is 24.3 Å². The van der Waals surface area contributed by atoms with Crippen molar-refractivity contribution in [3.63, 3.8) is 0 Å². The summed E-state index contributed by atoms with van der Waals surface area (Å²) >= 11 is 0. The van der Waals surface area contributed by atoms with E-state index in [1.54, 1.807) is 18.3 Å². The first-order chi connectivity index (χ1) is 8.79. The average molecular weight is 243 g/mol. The summed E-state index contributed by atoms with van der Waals surface area (Å²) in [6.07, 6.45) is 2.63. The van der Waals surface area contributed by atoms with Crippen molar-refractivity contribution < 1.29 is 5.11 Å². The predicted molar refractivity (Wildman–Crippen MR) is 72.4 cm³/mol. The molecule has 2 rings (SSSR count). The highest BCUT2D eigenvalue weighted by molar-refractivity contribution is 5.43. The molecule has 0 saturated heterocycles. The molecule has 0 fully saturated rings. The van der Waals surface area contributed by atoms with Crippen molar-refractivity contribution in [1.29, 1.82) is 0 Å². The van der Waals surface area contributed by atoms with Gasteiger partial charge in [-0.25, -0.2) is 4.98 Å². The molecule has 4 nitrogen and oxygen atoms in total. The minimum atomic E-state index is 0.293. The number of nitrogens with one attached hydrogen (secondary N) is 1. The second kappa shape index (κ2) is 6.02. The minimum absolute atomic E-state index is 0.293. The van der Waals surface area contributed by atoms with Gasteiger partial charge < -0.3 is 16.2 Å². The molecule has 2 aromatic rings. The van der Waals surface area contributed by atoms with Gasteiger partial charge in [-0.05, 0) is 30.2 Å². The highest BCUT2D eigenvalue weighted by Gasteiger charge is 2.00. The quantitative estimate of drug-likeness (QED) is 0.750. The predicted octanol–water partition coefficient (Wildman–Crippen LogP) is 1.90. The Hall–Kier alpha value is -2.07. The standard InChI is InChI=1S/C14H17N3O/c15-10-12-2-1-8-16-14(12)17-9-7-11-3-5-13(18)6-4-11/h1-6,8,18H,7,9-10,15H2,(H,16,17). The minimum Gasteiger partial charge on any atom is -0.508 e. The van der Waals surface area contributed by atoms with Crippen LogP contribution in [0.1, 0.15) is 11.1 Å². The molecular formula is C14H17N3O. The molecule has 0 radical (unpaired) electrons. The molecule has 0 unspecified atom stereocenters. The lowest BCUT2D eigenvalue weighted by Crippen LogP contribution is -2.10. The van der Waals surface area contributed by atoms with E-state index >= 15 is 0 Å². The van der Waals surface area contributed by atoms with Gasteiger partial charge in [-0.3, -0.25) is 0 Å². The number of aromatic nitrogens is 1. The number of benzene rings is 1. The molecule has 1 aromatic heterocycles. The normalized spacial score (nSPS) is 10.3. The third-order valence-electron chi connectivity index (χ3n) is 2.75. The fourth-order valence-electron chi connectivity index (χ4n) is 1.75. The molecule has 4 heteroatoms. The van der Waals surface area contributed by atoms with Gasteiger partial charge in [0.2, 0.25) is 0 Å². The van der Waals surface area contributed by atoms with Gasteiger partial charge in [-0.15, -0.1) is 0 Å². The van der Waals surface area contributed by atoms with E-state index in [9.17, 15) is 5.11 Å². The number of anilines is 1. The number of rotatable bonds is 5. The highest BCUT2D eigenvalue weighted by Crippen LogP contribution is 2.12. The van der Waals surface area contributed by atoms with E-state index < -0.39 is 0 Å². The lowest BCUT2D eigenvalue weighted by Gasteiger charge is -2.09. The van der Waals surface area contributed by atoms with Crippen molar-refractivity contribution in [3.8, 4) is 5.75 Å². The van der Waals surface area contributed by atoms with Gasteiger partial charge in [0, 0.05) is 24.8 Å². The summed E-state index contributed by atoms with van der Waals surface area (Å²) in [7, 11) is 0. The molecule has 18 heavy (non-hydrogen) atoms. The van der Waals surface area contributed by atoms with Crippen LogP contribution >= 0.6 is 0 Å². The molecule has 0 saturated carbocycles. The van der Waals surface area contributed by atoms with E-state index in [1.165, 1.54) is 5.56 Å². The van der Waals surface area contributed by atoms with Gasteiger partial charge in [0.15, 0.2) is 0 Å². The zero-order chi connectivity index (χ0) is 12.8. The summed E-state index contributed by atoms with van der Waals surface area (Å²) in [4.78, 5) is 4.26. The van der Waals surface area contributed by atoms with Crippen LogP contribution in [0.15, 0.2) is 42.6 Å². The van der Waals surface area contributed by atoms with Gasteiger partial charge in [0.25, 0.3) is 0 Å². The number of pyridine rings is 1. The molecule has 0 bridgehead atoms. The molecule has 1 heterocycles. The van der Waals surface area contributed by atoms with Crippen molar-refractivity contribution in [3.05, 3.63) is 53.7 Å². The van der Waals surface area contributed by atoms with Crippen LogP contribution in [-0.2, 0) is 13.0 Å². The number of phenolic OH excluding ortho intramolecular Hbond substituents is 1. The zero-order valence-electron chi connectivity index (χ0n) is 10.1. The molecule has 0 aliphatic carbocycles. The maximum absolute atomic E-state index is 9.19. The Bertz CT molecular complexity index is 497. The molecular weight excluding hydrogens is 226 g/mol. The van der Waals surface area contributed by atoms with Gasteiger partial charge in [-0.1, -0.05) is 18.2 Å². The van der Waals surface area contributed by atoms with Gasteiger partial charge >= 0.3 is 0 Å². The Kier molecular flexibility index (Phi) is 4.15. The molecule has 0 aliphatic heterocycles. The topological polar surface area (TPSA) is 71.2 Å². The number of phenols is 1. The maximum Gasteiger partial charge on any atom is 0.130 e. The SMILES string of the molecule is NCc1cccnc1NCCc1ccc(O)cc1. The van der Waals surface area contributed by atoms with Crippen LogP contribution in [0.4, 0.5) is 5.82 Å². The summed E-state index contributed by atoms with van der Waals surface area (Å²) < 4.78 is 0.